The van der Waals surface area contributed by atoms with Crippen molar-refractivity contribution in [1.82, 2.24) is 9.29 Å². The Labute approximate surface area is 171 Å². The fourth-order valence-corrected chi connectivity index (χ4v) is 4.77. The number of anilines is 1. The third-order valence-corrected chi connectivity index (χ3v) is 6.82. The van der Waals surface area contributed by atoms with Gasteiger partial charge in [-0.1, -0.05) is 6.42 Å². The van der Waals surface area contributed by atoms with Crippen LogP contribution in [-0.2, 0) is 16.6 Å². The van der Waals surface area contributed by atoms with E-state index in [0.29, 0.717) is 42.7 Å². The molecule has 1 aliphatic rings. The molecule has 0 spiro atoms. The highest BCUT2D eigenvalue weighted by atomic mass is 32.2. The van der Waals surface area contributed by atoms with E-state index in [9.17, 15) is 8.42 Å². The standard InChI is InChI=1S/C20H27N3O5S/c1-26-17-12-19(28-3)18(27-2)11-15(17)13-21-20-8-7-16(14-22-20)29(24,25)23-9-5-4-6-10-23/h7-8,11-12,14H,4-6,9-10,13H2,1-3H3,(H,21,22). The van der Waals surface area contributed by atoms with Gasteiger partial charge in [0.1, 0.15) is 16.5 Å². The van der Waals surface area contributed by atoms with E-state index in [1.165, 1.54) is 10.5 Å². The van der Waals surface area contributed by atoms with E-state index in [1.54, 1.807) is 39.5 Å². The highest BCUT2D eigenvalue weighted by Gasteiger charge is 2.26. The van der Waals surface area contributed by atoms with Crippen molar-refractivity contribution >= 4 is 15.8 Å². The molecule has 9 heteroatoms. The Morgan fingerprint density at radius 3 is 2.21 bits per heavy atom. The number of piperidine rings is 1. The molecule has 1 saturated heterocycles. The van der Waals surface area contributed by atoms with E-state index in [2.05, 4.69) is 10.3 Å². The first-order valence-corrected chi connectivity index (χ1v) is 10.9. The summed E-state index contributed by atoms with van der Waals surface area (Å²) in [5.74, 6) is 2.40. The van der Waals surface area contributed by atoms with E-state index in [4.69, 9.17) is 14.2 Å². The van der Waals surface area contributed by atoms with E-state index in [-0.39, 0.29) is 4.90 Å². The lowest BCUT2D eigenvalue weighted by Gasteiger charge is -2.25. The van der Waals surface area contributed by atoms with Gasteiger partial charge in [-0.05, 0) is 31.0 Å². The lowest BCUT2D eigenvalue weighted by molar-refractivity contribution is 0.346. The van der Waals surface area contributed by atoms with E-state index in [1.807, 2.05) is 6.07 Å². The fraction of sp³-hybridized carbons (Fsp3) is 0.450. The summed E-state index contributed by atoms with van der Waals surface area (Å²) < 4.78 is 43.0. The number of benzene rings is 1. The molecule has 0 saturated carbocycles. The van der Waals surface area contributed by atoms with Gasteiger partial charge in [0.2, 0.25) is 10.0 Å². The monoisotopic (exact) mass is 421 g/mol. The molecule has 3 rings (SSSR count). The van der Waals surface area contributed by atoms with Gasteiger partial charge in [0.25, 0.3) is 0 Å². The molecule has 8 nitrogen and oxygen atoms in total. The van der Waals surface area contributed by atoms with Crippen molar-refractivity contribution in [1.29, 1.82) is 0 Å². The summed E-state index contributed by atoms with van der Waals surface area (Å²) in [5, 5.41) is 3.19. The minimum Gasteiger partial charge on any atom is -0.496 e. The van der Waals surface area contributed by atoms with Crippen molar-refractivity contribution in [2.75, 3.05) is 39.7 Å². The topological polar surface area (TPSA) is 90.0 Å². The zero-order chi connectivity index (χ0) is 20.9. The van der Waals surface area contributed by atoms with Gasteiger partial charge in [0, 0.05) is 37.5 Å². The van der Waals surface area contributed by atoms with Crippen LogP contribution in [0.15, 0.2) is 35.4 Å². The SMILES string of the molecule is COc1cc(OC)c(OC)cc1CNc1ccc(S(=O)(=O)N2CCCCC2)cn1. The third kappa shape index (κ3) is 4.73. The first-order valence-electron chi connectivity index (χ1n) is 9.48. The Kier molecular flexibility index (Phi) is 6.81. The second-order valence-electron chi connectivity index (χ2n) is 6.72. The van der Waals surface area contributed by atoms with E-state index >= 15 is 0 Å². The first kappa shape index (κ1) is 21.2. The summed E-state index contributed by atoms with van der Waals surface area (Å²) in [7, 11) is 1.25. The van der Waals surface area contributed by atoms with Crippen LogP contribution in [-0.4, -0.2) is 52.1 Å². The highest BCUT2D eigenvalue weighted by molar-refractivity contribution is 7.89. The number of hydrogen-bond acceptors (Lipinski definition) is 7. The third-order valence-electron chi connectivity index (χ3n) is 4.94. The van der Waals surface area contributed by atoms with Crippen LogP contribution in [0.4, 0.5) is 5.82 Å². The van der Waals surface area contributed by atoms with Crippen LogP contribution in [0.25, 0.3) is 0 Å². The van der Waals surface area contributed by atoms with Gasteiger partial charge in [0.15, 0.2) is 11.5 Å². The van der Waals surface area contributed by atoms with Gasteiger partial charge >= 0.3 is 0 Å². The normalized spacial score (nSPS) is 15.0. The molecule has 1 N–H and O–H groups in total. The Bertz CT molecular complexity index is 926. The van der Waals surface area contributed by atoms with Crippen molar-refractivity contribution in [3.63, 3.8) is 0 Å². The van der Waals surface area contributed by atoms with Gasteiger partial charge in [-0.3, -0.25) is 0 Å². The number of rotatable bonds is 8. The molecule has 0 radical (unpaired) electrons. The highest BCUT2D eigenvalue weighted by Crippen LogP contribution is 2.34. The summed E-state index contributed by atoms with van der Waals surface area (Å²) in [6, 6.07) is 6.85. The summed E-state index contributed by atoms with van der Waals surface area (Å²) in [5.41, 5.74) is 0.858. The molecular weight excluding hydrogens is 394 g/mol. The van der Waals surface area contributed by atoms with Crippen molar-refractivity contribution in [2.45, 2.75) is 30.7 Å². The summed E-state index contributed by atoms with van der Waals surface area (Å²) >= 11 is 0. The van der Waals surface area contributed by atoms with Crippen molar-refractivity contribution < 1.29 is 22.6 Å². The number of sulfonamides is 1. The molecule has 158 valence electrons. The van der Waals surface area contributed by atoms with Crippen LogP contribution < -0.4 is 19.5 Å². The zero-order valence-corrected chi connectivity index (χ0v) is 17.8. The second kappa shape index (κ2) is 9.32. The molecule has 0 atom stereocenters. The molecule has 2 aromatic rings. The Morgan fingerprint density at radius 2 is 1.62 bits per heavy atom. The maximum Gasteiger partial charge on any atom is 0.244 e. The minimum absolute atomic E-state index is 0.216. The molecule has 0 unspecified atom stereocenters. The second-order valence-corrected chi connectivity index (χ2v) is 8.65. The van der Waals surface area contributed by atoms with Crippen LogP contribution in [0.1, 0.15) is 24.8 Å². The molecule has 0 aliphatic carbocycles. The number of hydrogen-bond donors (Lipinski definition) is 1. The van der Waals surface area contributed by atoms with Crippen LogP contribution in [0.5, 0.6) is 17.2 Å². The largest absolute Gasteiger partial charge is 0.496 e. The molecule has 0 amide bonds. The van der Waals surface area contributed by atoms with Crippen LogP contribution >= 0.6 is 0 Å². The molecule has 1 aliphatic heterocycles. The Morgan fingerprint density at radius 1 is 0.966 bits per heavy atom. The van der Waals surface area contributed by atoms with Gasteiger partial charge in [0.05, 0.1) is 21.3 Å². The predicted molar refractivity (Wildman–Crippen MR) is 110 cm³/mol. The summed E-state index contributed by atoms with van der Waals surface area (Å²) in [6.45, 7) is 1.57. The van der Waals surface area contributed by atoms with Crippen molar-refractivity contribution in [3.05, 3.63) is 36.0 Å². The number of aromatic nitrogens is 1. The zero-order valence-electron chi connectivity index (χ0n) is 17.0. The van der Waals surface area contributed by atoms with Crippen LogP contribution in [0, 0.1) is 0 Å². The van der Waals surface area contributed by atoms with E-state index in [0.717, 1.165) is 24.8 Å². The van der Waals surface area contributed by atoms with Gasteiger partial charge in [-0.2, -0.15) is 4.31 Å². The molecule has 0 bridgehead atoms. The van der Waals surface area contributed by atoms with E-state index < -0.39 is 10.0 Å². The predicted octanol–water partition coefficient (Wildman–Crippen LogP) is 2.89. The maximum atomic E-state index is 12.7. The minimum atomic E-state index is -3.48. The van der Waals surface area contributed by atoms with Crippen molar-refractivity contribution in [2.24, 2.45) is 0 Å². The number of methoxy groups -OCH3 is 3. The average molecular weight is 422 g/mol. The average Bonchev–Trinajstić information content (AvgIpc) is 2.77. The Hall–Kier alpha value is -2.52. The summed E-state index contributed by atoms with van der Waals surface area (Å²) in [6.07, 6.45) is 4.28. The Balaban J connectivity index is 1.72. The molecule has 1 aromatic carbocycles. The quantitative estimate of drug-likeness (QED) is 0.701. The lowest BCUT2D eigenvalue weighted by Crippen LogP contribution is -2.35. The smallest absolute Gasteiger partial charge is 0.244 e. The number of nitrogens with one attached hydrogen (secondary N) is 1. The molecule has 1 fully saturated rings. The molecule has 1 aromatic heterocycles. The van der Waals surface area contributed by atoms with Gasteiger partial charge < -0.3 is 19.5 Å². The van der Waals surface area contributed by atoms with Crippen LogP contribution in [0.2, 0.25) is 0 Å². The maximum absolute atomic E-state index is 12.7. The fourth-order valence-electron chi connectivity index (χ4n) is 3.31. The molecule has 2 heterocycles. The first-order chi connectivity index (χ1) is 14.0. The molecular formula is C20H27N3O5S. The number of ether oxygens (including phenoxy) is 3. The van der Waals surface area contributed by atoms with Gasteiger partial charge in [-0.25, -0.2) is 13.4 Å². The number of nitrogens with zero attached hydrogens (tertiary/aromatic N) is 2. The van der Waals surface area contributed by atoms with Gasteiger partial charge in [-0.15, -0.1) is 0 Å². The lowest BCUT2D eigenvalue weighted by atomic mass is 10.1. The van der Waals surface area contributed by atoms with Crippen molar-refractivity contribution in [3.8, 4) is 17.2 Å². The van der Waals surface area contributed by atoms with Crippen LogP contribution in [0.3, 0.4) is 0 Å². The summed E-state index contributed by atoms with van der Waals surface area (Å²) in [4.78, 5) is 4.49. The molecule has 29 heavy (non-hydrogen) atoms. The number of pyridine rings is 1.